The maximum absolute atomic E-state index is 9.98. The van der Waals surface area contributed by atoms with E-state index in [1.165, 1.54) is 0 Å². The lowest BCUT2D eigenvalue weighted by Gasteiger charge is -1.84. The van der Waals surface area contributed by atoms with Gasteiger partial charge in [0.2, 0.25) is 0 Å². The Morgan fingerprint density at radius 2 is 2.38 bits per heavy atom. The molecule has 44 valence electrons. The van der Waals surface area contributed by atoms with Crippen LogP contribution in [-0.2, 0) is 13.9 Å². The average Bonchev–Trinajstić information content (AvgIpc) is 2.12. The van der Waals surface area contributed by atoms with E-state index >= 15 is 0 Å². The molecule has 4 nitrogen and oxygen atoms in total. The molecular weight excluding hydrogens is 129 g/mol. The van der Waals surface area contributed by atoms with Crippen molar-refractivity contribution in [1.82, 2.24) is 0 Å². The smallest absolute Gasteiger partial charge is 0.404 e. The Bertz CT molecular complexity index is 175. The van der Waals surface area contributed by atoms with Crippen molar-refractivity contribution in [2.45, 2.75) is 0 Å². The molecule has 1 aliphatic rings. The molecule has 0 saturated carbocycles. The highest BCUT2D eigenvalue weighted by molar-refractivity contribution is 7.51. The summed E-state index contributed by atoms with van der Waals surface area (Å²) in [6.07, 6.45) is 0. The van der Waals surface area contributed by atoms with Crippen molar-refractivity contribution in [2.24, 2.45) is 4.99 Å². The van der Waals surface area contributed by atoms with Crippen LogP contribution in [0.4, 0.5) is 0 Å². The number of hydrogen-bond donors (Lipinski definition) is 0. The van der Waals surface area contributed by atoms with E-state index in [4.69, 9.17) is 0 Å². The third-order valence-corrected chi connectivity index (χ3v) is 1.31. The highest BCUT2D eigenvalue weighted by atomic mass is 31.1. The van der Waals surface area contributed by atoms with Gasteiger partial charge in [-0.2, -0.15) is 0 Å². The van der Waals surface area contributed by atoms with Crippen molar-refractivity contribution in [3.63, 3.8) is 0 Å². The van der Waals surface area contributed by atoms with Crippen molar-refractivity contribution in [1.29, 1.82) is 0 Å². The summed E-state index contributed by atoms with van der Waals surface area (Å²) in [5.41, 5.74) is -0.125. The lowest BCUT2D eigenvalue weighted by molar-refractivity contribution is 0.352. The zero-order chi connectivity index (χ0) is 5.98. The Morgan fingerprint density at radius 3 is 2.62 bits per heavy atom. The van der Waals surface area contributed by atoms with E-state index in [0.717, 1.165) is 0 Å². The summed E-state index contributed by atoms with van der Waals surface area (Å²) >= 11 is 0. The second kappa shape index (κ2) is 2.09. The van der Waals surface area contributed by atoms with Gasteiger partial charge in [-0.15, -0.1) is 0 Å². The molecule has 0 radical (unpaired) electrons. The number of hydrogen-bond acceptors (Lipinski definition) is 4. The zero-order valence-electron chi connectivity index (χ0n) is 4.03. The zero-order valence-corrected chi connectivity index (χ0v) is 4.93. The molecule has 8 heavy (non-hydrogen) atoms. The van der Waals surface area contributed by atoms with Crippen LogP contribution in [0.25, 0.3) is 0 Å². The minimum atomic E-state index is -2.57. The van der Waals surface area contributed by atoms with Crippen LogP contribution >= 0.6 is 7.68 Å². The topological polar surface area (TPSA) is 55.7 Å². The number of rotatable bonds is 1. The fourth-order valence-corrected chi connectivity index (χ4v) is 0.846. The average molecular weight is 133 g/mol. The lowest BCUT2D eigenvalue weighted by Crippen LogP contribution is -1.88. The van der Waals surface area contributed by atoms with Crippen molar-refractivity contribution in [2.75, 3.05) is 13.2 Å². The van der Waals surface area contributed by atoms with Gasteiger partial charge in [0.1, 0.15) is 6.61 Å². The second-order valence-corrected chi connectivity index (χ2v) is 2.17. The first-order chi connectivity index (χ1) is 3.80. The van der Waals surface area contributed by atoms with Gasteiger partial charge < -0.3 is 4.74 Å². The summed E-state index contributed by atoms with van der Waals surface area (Å²) in [5.74, 6) is 0. The maximum Gasteiger partial charge on any atom is 0.404 e. The van der Waals surface area contributed by atoms with E-state index in [2.05, 4.69) is 9.73 Å². The molecule has 0 atom stereocenters. The summed E-state index contributed by atoms with van der Waals surface area (Å²) in [6.45, 7) is 0.872. The predicted octanol–water partition coefficient (Wildman–Crippen LogP) is 0.545. The van der Waals surface area contributed by atoms with Gasteiger partial charge >= 0.3 is 13.3 Å². The van der Waals surface area contributed by atoms with Crippen LogP contribution in [0.5, 0.6) is 0 Å². The van der Waals surface area contributed by atoms with Crippen LogP contribution in [0.15, 0.2) is 4.99 Å². The second-order valence-electron chi connectivity index (χ2n) is 1.27. The Balaban J connectivity index is 2.72. The van der Waals surface area contributed by atoms with Gasteiger partial charge in [-0.05, 0) is 0 Å². The maximum atomic E-state index is 9.98. The molecule has 1 heterocycles. The molecule has 0 N–H and O–H groups in total. The van der Waals surface area contributed by atoms with Crippen molar-refractivity contribution in [3.8, 4) is 0 Å². The minimum absolute atomic E-state index is 0.125. The van der Waals surface area contributed by atoms with Crippen LogP contribution < -0.4 is 0 Å². The summed E-state index contributed by atoms with van der Waals surface area (Å²) in [6, 6.07) is 0. The van der Waals surface area contributed by atoms with E-state index in [9.17, 15) is 9.13 Å². The van der Waals surface area contributed by atoms with Gasteiger partial charge in [0.05, 0.1) is 6.54 Å². The normalized spacial score (nSPS) is 17.2. The lowest BCUT2D eigenvalue weighted by atomic mass is 10.8. The molecule has 0 saturated heterocycles. The molecule has 1 aliphatic heterocycles. The Kier molecular flexibility index (Phi) is 1.44. The van der Waals surface area contributed by atoms with E-state index in [0.29, 0.717) is 13.2 Å². The molecule has 0 aromatic carbocycles. The highest BCUT2D eigenvalue weighted by Crippen LogP contribution is 2.11. The Labute approximate surface area is 46.4 Å². The molecule has 5 heteroatoms. The number of aliphatic imine (C=N–C) groups is 1. The van der Waals surface area contributed by atoms with Gasteiger partial charge in [-0.3, -0.25) is 0 Å². The summed E-state index contributed by atoms with van der Waals surface area (Å²) in [5, 5.41) is 0. The Hall–Kier alpha value is -0.630. The SMILES string of the molecule is O=P(=O)C1=NCCO1. The van der Waals surface area contributed by atoms with E-state index < -0.39 is 7.68 Å². The van der Waals surface area contributed by atoms with Crippen LogP contribution in [0.1, 0.15) is 0 Å². The van der Waals surface area contributed by atoms with E-state index in [-0.39, 0.29) is 5.64 Å². The van der Waals surface area contributed by atoms with Crippen LogP contribution in [0.2, 0.25) is 0 Å². The van der Waals surface area contributed by atoms with Crippen LogP contribution in [-0.4, -0.2) is 18.8 Å². The third kappa shape index (κ3) is 0.954. The fourth-order valence-electron chi connectivity index (χ4n) is 0.434. The van der Waals surface area contributed by atoms with Gasteiger partial charge in [0.25, 0.3) is 0 Å². The van der Waals surface area contributed by atoms with Gasteiger partial charge in [0.15, 0.2) is 0 Å². The molecule has 0 bridgehead atoms. The monoisotopic (exact) mass is 133 g/mol. The third-order valence-electron chi connectivity index (χ3n) is 0.726. The first kappa shape index (κ1) is 5.51. The summed E-state index contributed by atoms with van der Waals surface area (Å²) in [7, 11) is -2.57. The molecule has 0 unspecified atom stereocenters. The predicted molar refractivity (Wildman–Crippen MR) is 26.5 cm³/mol. The van der Waals surface area contributed by atoms with E-state index in [1.54, 1.807) is 0 Å². The molecule has 0 aliphatic carbocycles. The van der Waals surface area contributed by atoms with Gasteiger partial charge in [-0.25, -0.2) is 14.1 Å². The van der Waals surface area contributed by atoms with Crippen LogP contribution in [0.3, 0.4) is 0 Å². The van der Waals surface area contributed by atoms with Crippen molar-refractivity contribution >= 4 is 13.3 Å². The molecular formula is C3H4NO3P. The molecule has 1 rings (SSSR count). The Morgan fingerprint density at radius 1 is 1.62 bits per heavy atom. The first-order valence-corrected chi connectivity index (χ1v) is 3.30. The van der Waals surface area contributed by atoms with E-state index in [1.807, 2.05) is 0 Å². The standard InChI is InChI=1S/C3H4NO3P/c5-8(6)3-4-1-2-7-3/h1-2H2. The molecule has 0 spiro atoms. The number of ether oxygens (including phenoxy) is 1. The molecule has 0 aromatic rings. The summed E-state index contributed by atoms with van der Waals surface area (Å²) < 4.78 is 24.5. The van der Waals surface area contributed by atoms with Gasteiger partial charge in [-0.1, -0.05) is 0 Å². The van der Waals surface area contributed by atoms with Gasteiger partial charge in [0, 0.05) is 0 Å². The first-order valence-electron chi connectivity index (χ1n) is 2.12. The minimum Gasteiger partial charge on any atom is -0.468 e. The van der Waals surface area contributed by atoms with Crippen LogP contribution in [0, 0.1) is 0 Å². The summed E-state index contributed by atoms with van der Waals surface area (Å²) in [4.78, 5) is 3.53. The largest absolute Gasteiger partial charge is 0.468 e. The molecule has 0 fully saturated rings. The molecule has 0 aromatic heterocycles. The highest BCUT2D eigenvalue weighted by Gasteiger charge is 2.11. The quantitative estimate of drug-likeness (QED) is 0.490. The fraction of sp³-hybridized carbons (Fsp3) is 0.667. The van der Waals surface area contributed by atoms with Crippen molar-refractivity contribution < 1.29 is 13.9 Å². The van der Waals surface area contributed by atoms with Crippen molar-refractivity contribution in [3.05, 3.63) is 0 Å². The molecule has 0 amide bonds. The number of nitrogens with zero attached hydrogens (tertiary/aromatic N) is 1.